The summed E-state index contributed by atoms with van der Waals surface area (Å²) in [4.78, 5) is 32.6. The third-order valence-corrected chi connectivity index (χ3v) is 6.30. The predicted octanol–water partition coefficient (Wildman–Crippen LogP) is 4.42. The van der Waals surface area contributed by atoms with Crippen LogP contribution < -0.4 is 11.4 Å². The Hall–Kier alpha value is -4.25. The molecule has 1 aliphatic rings. The van der Waals surface area contributed by atoms with Crippen molar-refractivity contribution in [3.63, 3.8) is 0 Å². The number of carbonyl (C=O) groups excluding carboxylic acids is 1. The molecule has 0 aliphatic heterocycles. The van der Waals surface area contributed by atoms with Gasteiger partial charge in [-0.2, -0.15) is 13.2 Å². The summed E-state index contributed by atoms with van der Waals surface area (Å²) < 4.78 is 41.7. The molecule has 8 nitrogen and oxygen atoms in total. The molecule has 4 aromatic heterocycles. The van der Waals surface area contributed by atoms with E-state index in [1.807, 2.05) is 18.2 Å². The number of nitrogens with two attached hydrogens (primary N) is 1. The Labute approximate surface area is 212 Å². The summed E-state index contributed by atoms with van der Waals surface area (Å²) in [6.07, 6.45) is 5.18. The fourth-order valence-electron chi connectivity index (χ4n) is 4.24. The topological polar surface area (TPSA) is 108 Å². The molecule has 0 bridgehead atoms. The number of hydrogen-bond acceptors (Lipinski definition) is 5. The molecule has 0 spiro atoms. The van der Waals surface area contributed by atoms with Gasteiger partial charge in [0.05, 0.1) is 6.54 Å². The molecular formula is C25H18ClF3N6O2. The number of halogens is 4. The highest BCUT2D eigenvalue weighted by molar-refractivity contribution is 6.30. The van der Waals surface area contributed by atoms with Crippen LogP contribution in [0.25, 0.3) is 22.3 Å². The molecule has 0 saturated carbocycles. The lowest BCUT2D eigenvalue weighted by Gasteiger charge is -2.16. The van der Waals surface area contributed by atoms with Crippen molar-refractivity contribution in [3.8, 4) is 11.1 Å². The second-order valence-corrected chi connectivity index (χ2v) is 8.83. The zero-order valence-electron chi connectivity index (χ0n) is 19.0. The van der Waals surface area contributed by atoms with E-state index in [1.165, 1.54) is 4.40 Å². The Balaban J connectivity index is 1.68. The molecule has 0 saturated heterocycles. The second kappa shape index (κ2) is 9.32. The van der Waals surface area contributed by atoms with Crippen molar-refractivity contribution in [1.82, 2.24) is 24.1 Å². The molecule has 0 radical (unpaired) electrons. The van der Waals surface area contributed by atoms with E-state index >= 15 is 0 Å². The Kier molecular flexibility index (Phi) is 6.16. The number of nitrogens with zero attached hydrogens (tertiary/aromatic N) is 5. The molecule has 0 unspecified atom stereocenters. The maximum atomic E-state index is 13.2. The first-order valence-electron chi connectivity index (χ1n) is 11.1. The molecule has 188 valence electrons. The summed E-state index contributed by atoms with van der Waals surface area (Å²) in [5.41, 5.74) is 6.58. The van der Waals surface area contributed by atoms with Crippen LogP contribution in [0.15, 0.2) is 70.9 Å². The lowest BCUT2D eigenvalue weighted by Crippen LogP contribution is -2.25. The summed E-state index contributed by atoms with van der Waals surface area (Å²) in [5, 5.41) is 5.24. The van der Waals surface area contributed by atoms with Crippen LogP contribution in [-0.4, -0.2) is 30.1 Å². The van der Waals surface area contributed by atoms with E-state index in [9.17, 15) is 22.8 Å². The van der Waals surface area contributed by atoms with Crippen molar-refractivity contribution in [2.45, 2.75) is 25.6 Å². The van der Waals surface area contributed by atoms with Crippen LogP contribution in [0.5, 0.6) is 0 Å². The molecule has 5 rings (SSSR count). The van der Waals surface area contributed by atoms with E-state index in [2.05, 4.69) is 15.1 Å². The van der Waals surface area contributed by atoms with Crippen LogP contribution in [0.2, 0.25) is 0 Å². The van der Waals surface area contributed by atoms with Crippen molar-refractivity contribution in [2.75, 3.05) is 0 Å². The summed E-state index contributed by atoms with van der Waals surface area (Å²) in [7, 11) is 0. The Morgan fingerprint density at radius 2 is 1.84 bits per heavy atom. The monoisotopic (exact) mass is 526 g/mol. The number of aromatic nitrogens is 5. The number of hydrogen-bond donors (Lipinski definition) is 1. The maximum absolute atomic E-state index is 13.2. The number of carbonyl (C=O) groups is 1. The normalized spacial score (nSPS) is 13.9. The van der Waals surface area contributed by atoms with E-state index in [0.717, 1.165) is 38.5 Å². The minimum atomic E-state index is -4.76. The van der Waals surface area contributed by atoms with Crippen molar-refractivity contribution < 1.29 is 18.0 Å². The van der Waals surface area contributed by atoms with Crippen molar-refractivity contribution in [2.24, 2.45) is 5.73 Å². The zero-order chi connectivity index (χ0) is 26.3. The van der Waals surface area contributed by atoms with E-state index in [-0.39, 0.29) is 12.1 Å². The minimum absolute atomic E-state index is 0.0338. The number of rotatable bonds is 5. The van der Waals surface area contributed by atoms with Crippen LogP contribution >= 0.6 is 11.6 Å². The van der Waals surface area contributed by atoms with Crippen molar-refractivity contribution in [3.05, 3.63) is 99.1 Å². The summed E-state index contributed by atoms with van der Waals surface area (Å²) in [6, 6.07) is 7.20. The van der Waals surface area contributed by atoms with Crippen LogP contribution in [0, 0.1) is 0 Å². The van der Waals surface area contributed by atoms with Crippen LogP contribution in [0.1, 0.15) is 40.2 Å². The van der Waals surface area contributed by atoms with Gasteiger partial charge in [0.25, 0.3) is 5.91 Å². The van der Waals surface area contributed by atoms with Gasteiger partial charge in [-0.3, -0.25) is 9.78 Å². The van der Waals surface area contributed by atoms with Crippen LogP contribution in [0.4, 0.5) is 13.2 Å². The lowest BCUT2D eigenvalue weighted by atomic mass is 9.91. The lowest BCUT2D eigenvalue weighted by molar-refractivity contribution is -0.141. The molecule has 4 aromatic rings. The highest BCUT2D eigenvalue weighted by Crippen LogP contribution is 2.36. The van der Waals surface area contributed by atoms with Gasteiger partial charge in [0, 0.05) is 34.7 Å². The fraction of sp³-hybridized carbons (Fsp3) is 0.160. The molecule has 4 heterocycles. The SMILES string of the molecule is NC(=O)c1nc(C(F)(F)F)ccc1Cn1nc2c(-c3ccncc3)c(C3=CC=C(Cl)CC3)ccn2c1=O. The molecule has 1 aliphatic carbocycles. The second-order valence-electron chi connectivity index (χ2n) is 8.35. The molecule has 0 aromatic carbocycles. The molecule has 37 heavy (non-hydrogen) atoms. The van der Waals surface area contributed by atoms with E-state index in [4.69, 9.17) is 17.3 Å². The summed E-state index contributed by atoms with van der Waals surface area (Å²) in [5.74, 6) is -1.14. The van der Waals surface area contributed by atoms with Gasteiger partial charge in [-0.15, -0.1) is 5.10 Å². The number of alkyl halides is 3. The summed E-state index contributed by atoms with van der Waals surface area (Å²) in [6.45, 7) is -0.309. The molecule has 0 atom stereocenters. The van der Waals surface area contributed by atoms with E-state index < -0.39 is 29.2 Å². The maximum Gasteiger partial charge on any atom is 0.433 e. The molecule has 0 fully saturated rings. The number of pyridine rings is 3. The third kappa shape index (κ3) is 4.65. The highest BCUT2D eigenvalue weighted by atomic mass is 35.5. The van der Waals surface area contributed by atoms with E-state index in [0.29, 0.717) is 24.1 Å². The average Bonchev–Trinajstić information content (AvgIpc) is 3.19. The highest BCUT2D eigenvalue weighted by Gasteiger charge is 2.33. The fourth-order valence-corrected chi connectivity index (χ4v) is 4.39. The quantitative estimate of drug-likeness (QED) is 0.414. The van der Waals surface area contributed by atoms with Gasteiger partial charge in [-0.1, -0.05) is 23.7 Å². The number of amides is 1. The van der Waals surface area contributed by atoms with Gasteiger partial charge in [-0.05, 0) is 59.9 Å². The molecule has 1 amide bonds. The van der Waals surface area contributed by atoms with E-state index in [1.54, 1.807) is 30.7 Å². The number of primary amides is 1. The third-order valence-electron chi connectivity index (χ3n) is 5.99. The first-order chi connectivity index (χ1) is 17.6. The van der Waals surface area contributed by atoms with Crippen molar-refractivity contribution >= 4 is 28.7 Å². The largest absolute Gasteiger partial charge is 0.433 e. The van der Waals surface area contributed by atoms with Gasteiger partial charge < -0.3 is 5.73 Å². The average molecular weight is 527 g/mol. The van der Waals surface area contributed by atoms with Crippen LogP contribution in [-0.2, 0) is 12.7 Å². The van der Waals surface area contributed by atoms with Gasteiger partial charge in [0.1, 0.15) is 11.4 Å². The zero-order valence-corrected chi connectivity index (χ0v) is 19.8. The van der Waals surface area contributed by atoms with Gasteiger partial charge in [0.15, 0.2) is 5.65 Å². The first kappa shape index (κ1) is 24.4. The predicted molar refractivity (Wildman–Crippen MR) is 131 cm³/mol. The standard InChI is InChI=1S/C25H18ClF3N6O2/c26-17-4-1-14(2-5-17)18-9-12-34-23(20(18)15-7-10-31-11-8-15)33-35(24(34)37)13-16-3-6-19(25(27,28)29)32-21(16)22(30)36/h1,3-4,6-12H,2,5,13H2,(H2,30,36). The Morgan fingerprint density at radius 1 is 1.08 bits per heavy atom. The van der Waals surface area contributed by atoms with Gasteiger partial charge in [0.2, 0.25) is 0 Å². The van der Waals surface area contributed by atoms with Gasteiger partial charge >= 0.3 is 11.9 Å². The molecule has 12 heteroatoms. The first-order valence-corrected chi connectivity index (χ1v) is 11.5. The smallest absolute Gasteiger partial charge is 0.364 e. The molecule has 2 N–H and O–H groups in total. The number of allylic oxidation sites excluding steroid dienone is 4. The summed E-state index contributed by atoms with van der Waals surface area (Å²) >= 11 is 6.14. The number of fused-ring (bicyclic) bond motifs is 1. The minimum Gasteiger partial charge on any atom is -0.364 e. The van der Waals surface area contributed by atoms with Gasteiger partial charge in [-0.25, -0.2) is 18.9 Å². The Bertz CT molecular complexity index is 1650. The van der Waals surface area contributed by atoms with Crippen LogP contribution in [0.3, 0.4) is 0 Å². The Morgan fingerprint density at radius 3 is 2.49 bits per heavy atom. The molecular weight excluding hydrogens is 509 g/mol. The van der Waals surface area contributed by atoms with Crippen molar-refractivity contribution in [1.29, 1.82) is 0 Å².